The lowest BCUT2D eigenvalue weighted by Crippen LogP contribution is -2.48. The molecule has 7 heteroatoms. The molecule has 0 bridgehead atoms. The molecule has 0 amide bonds. The highest BCUT2D eigenvalue weighted by Gasteiger charge is 2.30. The minimum absolute atomic E-state index is 0.183. The zero-order valence-corrected chi connectivity index (χ0v) is 15.7. The Morgan fingerprint density at radius 1 is 1.30 bits per heavy atom. The van der Waals surface area contributed by atoms with Gasteiger partial charge in [0.1, 0.15) is 0 Å². The van der Waals surface area contributed by atoms with Crippen molar-refractivity contribution in [2.45, 2.75) is 47.6 Å². The highest BCUT2D eigenvalue weighted by atomic mass is 32.2. The molecule has 1 aromatic heterocycles. The van der Waals surface area contributed by atoms with E-state index >= 15 is 0 Å². The SMILES string of the molecule is Cc1cc(C)n(C[C@H](C)CNS(=O)(=O)N2C[C@H](C)C[C@H](C)C2)n1. The Labute approximate surface area is 140 Å². The van der Waals surface area contributed by atoms with E-state index in [2.05, 4.69) is 23.7 Å². The zero-order chi connectivity index (χ0) is 17.2. The first-order chi connectivity index (χ1) is 10.7. The Bertz CT molecular complexity index is 616. The van der Waals surface area contributed by atoms with Crippen LogP contribution in [0.2, 0.25) is 0 Å². The third-order valence-electron chi connectivity index (χ3n) is 4.38. The molecule has 1 aromatic rings. The van der Waals surface area contributed by atoms with Gasteiger partial charge in [0.15, 0.2) is 0 Å². The van der Waals surface area contributed by atoms with Gasteiger partial charge in [0.05, 0.1) is 5.69 Å². The van der Waals surface area contributed by atoms with Crippen molar-refractivity contribution in [2.24, 2.45) is 17.8 Å². The van der Waals surface area contributed by atoms with Crippen LogP contribution < -0.4 is 4.72 Å². The quantitative estimate of drug-likeness (QED) is 0.859. The van der Waals surface area contributed by atoms with E-state index in [-0.39, 0.29) is 5.92 Å². The Hall–Kier alpha value is -0.920. The highest BCUT2D eigenvalue weighted by Crippen LogP contribution is 2.22. The average molecular weight is 343 g/mol. The molecule has 0 spiro atoms. The van der Waals surface area contributed by atoms with Crippen LogP contribution >= 0.6 is 0 Å². The van der Waals surface area contributed by atoms with Gasteiger partial charge in [0, 0.05) is 31.9 Å². The van der Waals surface area contributed by atoms with E-state index in [9.17, 15) is 8.42 Å². The minimum atomic E-state index is -3.39. The molecular formula is C16H30N4O2S. The van der Waals surface area contributed by atoms with E-state index in [4.69, 9.17) is 0 Å². The lowest BCUT2D eigenvalue weighted by atomic mass is 9.94. The van der Waals surface area contributed by atoms with E-state index in [1.165, 1.54) is 0 Å². The number of hydrogen-bond acceptors (Lipinski definition) is 3. The van der Waals surface area contributed by atoms with Crippen LogP contribution in [0.15, 0.2) is 6.07 Å². The second kappa shape index (κ2) is 7.32. The first-order valence-electron chi connectivity index (χ1n) is 8.43. The van der Waals surface area contributed by atoms with Gasteiger partial charge in [-0.2, -0.15) is 17.8 Å². The molecule has 2 rings (SSSR count). The fourth-order valence-corrected chi connectivity index (χ4v) is 4.94. The number of nitrogens with zero attached hydrogens (tertiary/aromatic N) is 3. The summed E-state index contributed by atoms with van der Waals surface area (Å²) in [5.41, 5.74) is 2.10. The van der Waals surface area contributed by atoms with Crippen LogP contribution in [0, 0.1) is 31.6 Å². The molecular weight excluding hydrogens is 312 g/mol. The Balaban J connectivity index is 1.89. The predicted molar refractivity (Wildman–Crippen MR) is 92.3 cm³/mol. The third-order valence-corrected chi connectivity index (χ3v) is 5.89. The van der Waals surface area contributed by atoms with Gasteiger partial charge < -0.3 is 0 Å². The van der Waals surface area contributed by atoms with Crippen LogP contribution in [-0.4, -0.2) is 42.1 Å². The maximum atomic E-state index is 12.5. The van der Waals surface area contributed by atoms with Gasteiger partial charge in [0.25, 0.3) is 10.2 Å². The second-order valence-electron chi connectivity index (χ2n) is 7.33. The molecule has 1 aliphatic heterocycles. The second-order valence-corrected chi connectivity index (χ2v) is 9.09. The highest BCUT2D eigenvalue weighted by molar-refractivity contribution is 7.87. The zero-order valence-electron chi connectivity index (χ0n) is 14.9. The van der Waals surface area contributed by atoms with Gasteiger partial charge in [-0.15, -0.1) is 0 Å². The van der Waals surface area contributed by atoms with Crippen molar-refractivity contribution < 1.29 is 8.42 Å². The van der Waals surface area contributed by atoms with Gasteiger partial charge in [-0.25, -0.2) is 4.72 Å². The molecule has 23 heavy (non-hydrogen) atoms. The molecule has 0 aliphatic carbocycles. The molecule has 3 atom stereocenters. The van der Waals surface area contributed by atoms with Crippen molar-refractivity contribution in [3.63, 3.8) is 0 Å². The molecule has 0 aromatic carbocycles. The largest absolute Gasteiger partial charge is 0.279 e. The first-order valence-corrected chi connectivity index (χ1v) is 9.87. The molecule has 2 heterocycles. The van der Waals surface area contributed by atoms with Crippen LogP contribution in [-0.2, 0) is 16.8 Å². The lowest BCUT2D eigenvalue weighted by molar-refractivity contribution is 0.220. The number of aryl methyl sites for hydroxylation is 2. The summed E-state index contributed by atoms with van der Waals surface area (Å²) in [6, 6.07) is 2.04. The third kappa shape index (κ3) is 5.02. The summed E-state index contributed by atoms with van der Waals surface area (Å²) in [4.78, 5) is 0. The molecule has 0 saturated carbocycles. The number of piperidine rings is 1. The lowest BCUT2D eigenvalue weighted by Gasteiger charge is -2.34. The van der Waals surface area contributed by atoms with E-state index in [0.717, 1.165) is 24.4 Å². The molecule has 1 saturated heterocycles. The minimum Gasteiger partial charge on any atom is -0.269 e. The van der Waals surface area contributed by atoms with E-state index in [1.54, 1.807) is 4.31 Å². The fourth-order valence-electron chi connectivity index (χ4n) is 3.36. The van der Waals surface area contributed by atoms with Crippen molar-refractivity contribution in [1.29, 1.82) is 0 Å². The van der Waals surface area contributed by atoms with Gasteiger partial charge in [-0.3, -0.25) is 4.68 Å². The van der Waals surface area contributed by atoms with Crippen LogP contribution in [0.25, 0.3) is 0 Å². The molecule has 0 radical (unpaired) electrons. The summed E-state index contributed by atoms with van der Waals surface area (Å²) in [7, 11) is -3.39. The monoisotopic (exact) mass is 342 g/mol. The summed E-state index contributed by atoms with van der Waals surface area (Å²) >= 11 is 0. The molecule has 132 valence electrons. The van der Waals surface area contributed by atoms with Crippen molar-refractivity contribution >= 4 is 10.2 Å². The van der Waals surface area contributed by atoms with Crippen LogP contribution in [0.3, 0.4) is 0 Å². The molecule has 6 nitrogen and oxygen atoms in total. The Kier molecular flexibility index (Phi) is 5.86. The van der Waals surface area contributed by atoms with E-state index in [0.29, 0.717) is 31.5 Å². The summed E-state index contributed by atoms with van der Waals surface area (Å²) in [5.74, 6) is 1.02. The fraction of sp³-hybridized carbons (Fsp3) is 0.812. The maximum Gasteiger partial charge on any atom is 0.279 e. The van der Waals surface area contributed by atoms with Crippen LogP contribution in [0.5, 0.6) is 0 Å². The molecule has 1 fully saturated rings. The van der Waals surface area contributed by atoms with E-state index in [1.807, 2.05) is 31.5 Å². The Morgan fingerprint density at radius 3 is 2.43 bits per heavy atom. The van der Waals surface area contributed by atoms with Gasteiger partial charge in [-0.1, -0.05) is 20.8 Å². The summed E-state index contributed by atoms with van der Waals surface area (Å²) in [6.07, 6.45) is 1.10. The molecule has 1 N–H and O–H groups in total. The Morgan fingerprint density at radius 2 is 1.91 bits per heavy atom. The summed E-state index contributed by atoms with van der Waals surface area (Å²) < 4.78 is 31.3. The van der Waals surface area contributed by atoms with Crippen LogP contribution in [0.1, 0.15) is 38.6 Å². The summed E-state index contributed by atoms with van der Waals surface area (Å²) in [5, 5.41) is 4.43. The first kappa shape index (κ1) is 18.4. The predicted octanol–water partition coefficient (Wildman–Crippen LogP) is 1.95. The van der Waals surface area contributed by atoms with Crippen molar-refractivity contribution in [1.82, 2.24) is 18.8 Å². The number of nitrogens with one attached hydrogen (secondary N) is 1. The topological polar surface area (TPSA) is 67.2 Å². The molecule has 0 unspecified atom stereocenters. The van der Waals surface area contributed by atoms with E-state index < -0.39 is 10.2 Å². The number of rotatable bonds is 6. The molecule has 1 aliphatic rings. The maximum absolute atomic E-state index is 12.5. The standard InChI is InChI=1S/C16H30N4O2S/c1-12-6-13(2)10-19(9-12)23(21,22)17-8-14(3)11-20-16(5)7-15(4)18-20/h7,12-14,17H,6,8-11H2,1-5H3/t12-,13+,14-/m1/s1. The van der Waals surface area contributed by atoms with Crippen molar-refractivity contribution in [3.05, 3.63) is 17.5 Å². The smallest absolute Gasteiger partial charge is 0.269 e. The number of aromatic nitrogens is 2. The average Bonchev–Trinajstić information content (AvgIpc) is 2.73. The van der Waals surface area contributed by atoms with Crippen molar-refractivity contribution in [2.75, 3.05) is 19.6 Å². The van der Waals surface area contributed by atoms with Crippen molar-refractivity contribution in [3.8, 4) is 0 Å². The van der Waals surface area contributed by atoms with Gasteiger partial charge in [-0.05, 0) is 44.1 Å². The van der Waals surface area contributed by atoms with Gasteiger partial charge >= 0.3 is 0 Å². The number of hydrogen-bond donors (Lipinski definition) is 1. The normalized spacial score (nSPS) is 24.7. The van der Waals surface area contributed by atoms with Gasteiger partial charge in [0.2, 0.25) is 0 Å². The summed E-state index contributed by atoms with van der Waals surface area (Å²) in [6.45, 7) is 12.6. The van der Waals surface area contributed by atoms with Crippen LogP contribution in [0.4, 0.5) is 0 Å².